The Bertz CT molecular complexity index is 459. The number of nitrogens with one attached hydrogen (secondary N) is 1. The van der Waals surface area contributed by atoms with Crippen molar-refractivity contribution in [1.29, 1.82) is 0 Å². The van der Waals surface area contributed by atoms with Gasteiger partial charge in [0, 0.05) is 19.8 Å². The largest absolute Gasteiger partial charge is 0.385 e. The summed E-state index contributed by atoms with van der Waals surface area (Å²) in [6.45, 7) is 6.69. The van der Waals surface area contributed by atoms with E-state index in [2.05, 4.69) is 32.9 Å². The zero-order valence-corrected chi connectivity index (χ0v) is 12.2. The first kappa shape index (κ1) is 14.9. The Morgan fingerprint density at radius 1 is 1.72 bits per heavy atom. The fourth-order valence-electron chi connectivity index (χ4n) is 1.45. The highest BCUT2D eigenvalue weighted by Crippen LogP contribution is 2.17. The molecule has 100 valence electrons. The number of hydrogen-bond acceptors (Lipinski definition) is 4. The van der Waals surface area contributed by atoms with Crippen molar-refractivity contribution in [1.82, 2.24) is 9.78 Å². The van der Waals surface area contributed by atoms with Crippen LogP contribution in [0.1, 0.15) is 13.3 Å². The number of aromatic nitrogens is 2. The molecule has 5 nitrogen and oxygen atoms in total. The Hall–Kier alpha value is -1.14. The van der Waals surface area contributed by atoms with Crippen LogP contribution in [0, 0.1) is 0 Å². The summed E-state index contributed by atoms with van der Waals surface area (Å²) in [7, 11) is 1.67. The van der Waals surface area contributed by atoms with Gasteiger partial charge >= 0.3 is 0 Å². The molecule has 1 N–H and O–H groups in total. The molecule has 1 aromatic heterocycles. The van der Waals surface area contributed by atoms with E-state index in [0.717, 1.165) is 6.42 Å². The van der Waals surface area contributed by atoms with Crippen LogP contribution in [-0.2, 0) is 11.3 Å². The van der Waals surface area contributed by atoms with Crippen molar-refractivity contribution in [2.45, 2.75) is 25.9 Å². The third kappa shape index (κ3) is 3.96. The lowest BCUT2D eigenvalue weighted by molar-refractivity contribution is 0.191. The zero-order chi connectivity index (χ0) is 13.5. The van der Waals surface area contributed by atoms with Gasteiger partial charge in [-0.1, -0.05) is 6.08 Å². The lowest BCUT2D eigenvalue weighted by atomic mass is 10.2. The minimum absolute atomic E-state index is 0.168. The molecule has 1 aromatic rings. The first-order chi connectivity index (χ1) is 8.60. The summed E-state index contributed by atoms with van der Waals surface area (Å²) in [4.78, 5) is 11.9. The predicted molar refractivity (Wildman–Crippen MR) is 76.0 cm³/mol. The van der Waals surface area contributed by atoms with Crippen LogP contribution in [0.2, 0.25) is 0 Å². The summed E-state index contributed by atoms with van der Waals surface area (Å²) < 4.78 is 6.85. The molecule has 0 aromatic carbocycles. The molecule has 1 heterocycles. The van der Waals surface area contributed by atoms with Crippen molar-refractivity contribution in [3.05, 3.63) is 33.7 Å². The van der Waals surface area contributed by atoms with Gasteiger partial charge in [-0.15, -0.1) is 6.58 Å². The molecule has 0 radical (unpaired) electrons. The van der Waals surface area contributed by atoms with Crippen molar-refractivity contribution < 1.29 is 4.74 Å². The van der Waals surface area contributed by atoms with Gasteiger partial charge in [-0.3, -0.25) is 4.79 Å². The number of anilines is 1. The summed E-state index contributed by atoms with van der Waals surface area (Å²) in [5.41, 5.74) is 0.530. The van der Waals surface area contributed by atoms with Gasteiger partial charge in [-0.05, 0) is 29.3 Å². The van der Waals surface area contributed by atoms with Crippen LogP contribution in [-0.4, -0.2) is 29.5 Å². The Kier molecular flexibility index (Phi) is 6.07. The van der Waals surface area contributed by atoms with Crippen LogP contribution in [0.25, 0.3) is 0 Å². The van der Waals surface area contributed by atoms with Gasteiger partial charge in [0.2, 0.25) is 0 Å². The van der Waals surface area contributed by atoms with E-state index >= 15 is 0 Å². The van der Waals surface area contributed by atoms with E-state index in [1.54, 1.807) is 19.4 Å². The fourth-order valence-corrected chi connectivity index (χ4v) is 1.87. The fraction of sp³-hybridized carbons (Fsp3) is 0.500. The second-order valence-electron chi connectivity index (χ2n) is 3.98. The highest BCUT2D eigenvalue weighted by atomic mass is 79.9. The van der Waals surface area contributed by atoms with E-state index in [1.165, 1.54) is 4.68 Å². The summed E-state index contributed by atoms with van der Waals surface area (Å²) in [5.74, 6) is 0. The molecule has 1 unspecified atom stereocenters. The van der Waals surface area contributed by atoms with Crippen LogP contribution in [0.4, 0.5) is 5.69 Å². The Balaban J connectivity index is 2.82. The van der Waals surface area contributed by atoms with Crippen molar-refractivity contribution in [3.63, 3.8) is 0 Å². The van der Waals surface area contributed by atoms with E-state index in [4.69, 9.17) is 4.74 Å². The van der Waals surface area contributed by atoms with Crippen molar-refractivity contribution in [2.24, 2.45) is 0 Å². The molecule has 0 aliphatic carbocycles. The molecule has 0 aliphatic heterocycles. The molecule has 0 bridgehead atoms. The van der Waals surface area contributed by atoms with Gasteiger partial charge in [-0.25, -0.2) is 4.68 Å². The number of ether oxygens (including phenoxy) is 1. The average molecular weight is 316 g/mol. The second kappa shape index (κ2) is 7.33. The third-order valence-corrected chi connectivity index (χ3v) is 3.21. The Morgan fingerprint density at radius 2 is 2.44 bits per heavy atom. The molecular formula is C12H18BrN3O2. The molecule has 0 spiro atoms. The van der Waals surface area contributed by atoms with Gasteiger partial charge in [-0.2, -0.15) is 5.10 Å². The van der Waals surface area contributed by atoms with E-state index in [9.17, 15) is 4.79 Å². The predicted octanol–water partition coefficient (Wildman–Crippen LogP) is 2.03. The third-order valence-electron chi connectivity index (χ3n) is 2.44. The molecule has 0 amide bonds. The monoisotopic (exact) mass is 315 g/mol. The van der Waals surface area contributed by atoms with Crippen LogP contribution in [0.5, 0.6) is 0 Å². The normalized spacial score (nSPS) is 12.2. The first-order valence-electron chi connectivity index (χ1n) is 5.72. The van der Waals surface area contributed by atoms with Crippen molar-refractivity contribution in [3.8, 4) is 0 Å². The van der Waals surface area contributed by atoms with E-state index in [-0.39, 0.29) is 11.6 Å². The lowest BCUT2D eigenvalue weighted by Crippen LogP contribution is -2.26. The number of allylic oxidation sites excluding steroid dienone is 1. The van der Waals surface area contributed by atoms with Crippen LogP contribution >= 0.6 is 15.9 Å². The van der Waals surface area contributed by atoms with Gasteiger partial charge in [0.1, 0.15) is 4.47 Å². The highest BCUT2D eigenvalue weighted by Gasteiger charge is 2.10. The molecule has 0 saturated carbocycles. The van der Waals surface area contributed by atoms with Crippen LogP contribution in [0.15, 0.2) is 28.1 Å². The van der Waals surface area contributed by atoms with Crippen LogP contribution < -0.4 is 10.9 Å². The molecule has 1 rings (SSSR count). The standard InChI is InChI=1S/C12H18BrN3O2/c1-4-6-16-12(17)11(13)10(8-14-16)15-9(2)5-7-18-3/h4,8-9,15H,1,5-7H2,2-3H3. The molecule has 0 aliphatic rings. The number of halogens is 1. The van der Waals surface area contributed by atoms with E-state index in [1.807, 2.05) is 6.92 Å². The summed E-state index contributed by atoms with van der Waals surface area (Å²) >= 11 is 3.30. The minimum atomic E-state index is -0.168. The maximum absolute atomic E-state index is 11.9. The SMILES string of the molecule is C=CCn1ncc(NC(C)CCOC)c(Br)c1=O. The van der Waals surface area contributed by atoms with Gasteiger partial charge in [0.25, 0.3) is 5.56 Å². The molecule has 1 atom stereocenters. The number of rotatable bonds is 7. The molecule has 0 saturated heterocycles. The molecule has 0 fully saturated rings. The smallest absolute Gasteiger partial charge is 0.283 e. The molecule has 6 heteroatoms. The summed E-state index contributed by atoms with van der Waals surface area (Å²) in [6, 6.07) is 0.206. The molecular weight excluding hydrogens is 298 g/mol. The number of nitrogens with zero attached hydrogens (tertiary/aromatic N) is 2. The van der Waals surface area contributed by atoms with Gasteiger partial charge in [0.15, 0.2) is 0 Å². The van der Waals surface area contributed by atoms with Crippen molar-refractivity contribution in [2.75, 3.05) is 19.0 Å². The molecule has 18 heavy (non-hydrogen) atoms. The maximum Gasteiger partial charge on any atom is 0.283 e. The Morgan fingerprint density at radius 3 is 3.06 bits per heavy atom. The number of methoxy groups -OCH3 is 1. The van der Waals surface area contributed by atoms with E-state index in [0.29, 0.717) is 23.3 Å². The average Bonchev–Trinajstić information content (AvgIpc) is 2.36. The number of hydrogen-bond donors (Lipinski definition) is 1. The van der Waals surface area contributed by atoms with Crippen molar-refractivity contribution >= 4 is 21.6 Å². The summed E-state index contributed by atoms with van der Waals surface area (Å²) in [6.07, 6.45) is 4.13. The second-order valence-corrected chi connectivity index (χ2v) is 4.77. The minimum Gasteiger partial charge on any atom is -0.385 e. The first-order valence-corrected chi connectivity index (χ1v) is 6.51. The lowest BCUT2D eigenvalue weighted by Gasteiger charge is -2.15. The van der Waals surface area contributed by atoms with Gasteiger partial charge in [0.05, 0.1) is 18.4 Å². The Labute approximate surface area is 115 Å². The van der Waals surface area contributed by atoms with Gasteiger partial charge < -0.3 is 10.1 Å². The maximum atomic E-state index is 11.9. The highest BCUT2D eigenvalue weighted by molar-refractivity contribution is 9.10. The zero-order valence-electron chi connectivity index (χ0n) is 10.6. The van der Waals surface area contributed by atoms with Crippen LogP contribution in [0.3, 0.4) is 0 Å². The summed E-state index contributed by atoms with van der Waals surface area (Å²) in [5, 5.41) is 7.30. The quantitative estimate of drug-likeness (QED) is 0.782. The topological polar surface area (TPSA) is 56.1 Å². The van der Waals surface area contributed by atoms with E-state index < -0.39 is 0 Å².